The number of sulfonamides is 1. The fourth-order valence-corrected chi connectivity index (χ4v) is 6.62. The van der Waals surface area contributed by atoms with Crippen molar-refractivity contribution in [3.05, 3.63) is 59.3 Å². The van der Waals surface area contributed by atoms with Crippen LogP contribution < -0.4 is 15.8 Å². The molecule has 1 aliphatic rings. The van der Waals surface area contributed by atoms with E-state index in [2.05, 4.69) is 20.0 Å². The maximum absolute atomic E-state index is 13.7. The van der Waals surface area contributed by atoms with E-state index < -0.39 is 57.0 Å². The number of alkyl halides is 3. The van der Waals surface area contributed by atoms with Crippen molar-refractivity contribution in [2.75, 3.05) is 11.9 Å². The number of hydrogen-bond donors (Lipinski definition) is 3. The van der Waals surface area contributed by atoms with E-state index in [0.29, 0.717) is 16.1 Å². The molecule has 4 rings (SSSR count). The molecule has 43 heavy (non-hydrogen) atoms. The maximum atomic E-state index is 13.7. The highest BCUT2D eigenvalue weighted by atomic mass is 32.2. The number of halogens is 4. The number of nitrogens with two attached hydrogens (primary N) is 1. The lowest BCUT2D eigenvalue weighted by Crippen LogP contribution is -2.46. The zero-order chi connectivity index (χ0) is 31.9. The second-order valence-corrected chi connectivity index (χ2v) is 13.0. The summed E-state index contributed by atoms with van der Waals surface area (Å²) in [5, 5.41) is 11.6. The Morgan fingerprint density at radius 3 is 2.53 bits per heavy atom. The third-order valence-corrected chi connectivity index (χ3v) is 9.60. The Hall–Kier alpha value is -4.14. The zero-order valence-corrected chi connectivity index (χ0v) is 24.5. The van der Waals surface area contributed by atoms with Gasteiger partial charge in [0.2, 0.25) is 15.9 Å². The lowest BCUT2D eigenvalue weighted by atomic mass is 9.87. The van der Waals surface area contributed by atoms with Crippen LogP contribution in [0.5, 0.6) is 0 Å². The summed E-state index contributed by atoms with van der Waals surface area (Å²) in [7, 11) is -4.27. The molecular formula is C26H25F4N7O4S2. The van der Waals surface area contributed by atoms with Gasteiger partial charge in [0.05, 0.1) is 26.7 Å². The molecule has 1 aliphatic heterocycles. The molecule has 2 atom stereocenters. The van der Waals surface area contributed by atoms with Gasteiger partial charge in [0.15, 0.2) is 5.13 Å². The Labute approximate surface area is 247 Å². The number of aryl methyl sites for hydroxylation is 1. The van der Waals surface area contributed by atoms with Crippen molar-refractivity contribution in [1.29, 1.82) is 5.26 Å². The number of thiazole rings is 1. The fraction of sp³-hybridized carbons (Fsp3) is 0.346. The molecular weight excluding hydrogens is 614 g/mol. The second kappa shape index (κ2) is 11.5. The number of nitrogens with zero attached hydrogens (tertiary/aromatic N) is 4. The smallest absolute Gasteiger partial charge is 0.368 e. The van der Waals surface area contributed by atoms with Crippen LogP contribution in [0.25, 0.3) is 10.4 Å². The maximum Gasteiger partial charge on any atom is 0.399 e. The van der Waals surface area contributed by atoms with Crippen molar-refractivity contribution < 1.29 is 35.6 Å². The predicted molar refractivity (Wildman–Crippen MR) is 148 cm³/mol. The number of urea groups is 1. The summed E-state index contributed by atoms with van der Waals surface area (Å²) in [6, 6.07) is 4.09. The van der Waals surface area contributed by atoms with Crippen molar-refractivity contribution >= 4 is 38.4 Å². The highest BCUT2D eigenvalue weighted by Gasteiger charge is 2.49. The summed E-state index contributed by atoms with van der Waals surface area (Å²) in [6.07, 6.45) is -3.45. The van der Waals surface area contributed by atoms with Crippen molar-refractivity contribution in [3.8, 4) is 16.5 Å². The van der Waals surface area contributed by atoms with Gasteiger partial charge in [-0.25, -0.2) is 27.3 Å². The molecule has 0 bridgehead atoms. The van der Waals surface area contributed by atoms with Crippen molar-refractivity contribution in [3.63, 3.8) is 0 Å². The van der Waals surface area contributed by atoms with Crippen LogP contribution in [0.4, 0.5) is 27.5 Å². The van der Waals surface area contributed by atoms with Crippen LogP contribution in [0.3, 0.4) is 0 Å². The first-order valence-corrected chi connectivity index (χ1v) is 14.8. The molecule has 1 aromatic carbocycles. The molecule has 11 nitrogen and oxygen atoms in total. The van der Waals surface area contributed by atoms with Crippen molar-refractivity contribution in [2.24, 2.45) is 5.73 Å². The molecule has 3 heterocycles. The van der Waals surface area contributed by atoms with E-state index in [4.69, 9.17) is 11.0 Å². The predicted octanol–water partition coefficient (Wildman–Crippen LogP) is 3.80. The van der Waals surface area contributed by atoms with Gasteiger partial charge in [-0.05, 0) is 63.1 Å². The molecule has 0 unspecified atom stereocenters. The van der Waals surface area contributed by atoms with Crippen LogP contribution in [0.2, 0.25) is 0 Å². The molecule has 0 aliphatic carbocycles. The van der Waals surface area contributed by atoms with Gasteiger partial charge >= 0.3 is 12.2 Å². The lowest BCUT2D eigenvalue weighted by molar-refractivity contribution is -0.181. The first-order valence-electron chi connectivity index (χ1n) is 12.5. The number of rotatable bonds is 7. The van der Waals surface area contributed by atoms with E-state index in [0.717, 1.165) is 48.3 Å². The zero-order valence-electron chi connectivity index (χ0n) is 22.9. The molecule has 3 aromatic rings. The third kappa shape index (κ3) is 6.45. The molecule has 4 N–H and O–H groups in total. The Bertz CT molecular complexity index is 1740. The minimum absolute atomic E-state index is 0.0774. The van der Waals surface area contributed by atoms with Crippen LogP contribution in [-0.4, -0.2) is 60.0 Å². The topological polar surface area (TPSA) is 171 Å². The first-order chi connectivity index (χ1) is 19.9. The monoisotopic (exact) mass is 639 g/mol. The largest absolute Gasteiger partial charge is 0.399 e. The summed E-state index contributed by atoms with van der Waals surface area (Å²) >= 11 is 0.985. The van der Waals surface area contributed by atoms with Crippen LogP contribution in [0.15, 0.2) is 41.4 Å². The van der Waals surface area contributed by atoms with Crippen LogP contribution in [-0.2, 0) is 20.2 Å². The number of benzene rings is 1. The van der Waals surface area contributed by atoms with Gasteiger partial charge in [0, 0.05) is 18.8 Å². The van der Waals surface area contributed by atoms with Gasteiger partial charge in [0.25, 0.3) is 0 Å². The summed E-state index contributed by atoms with van der Waals surface area (Å²) in [4.78, 5) is 34.6. The summed E-state index contributed by atoms with van der Waals surface area (Å²) in [5.74, 6) is -1.79. The van der Waals surface area contributed by atoms with Crippen LogP contribution in [0.1, 0.15) is 37.2 Å². The number of primary amides is 1. The van der Waals surface area contributed by atoms with Gasteiger partial charge in [-0.2, -0.15) is 18.4 Å². The number of aromatic nitrogens is 2. The van der Waals surface area contributed by atoms with Gasteiger partial charge in [-0.15, -0.1) is 0 Å². The molecule has 228 valence electrons. The molecule has 3 amide bonds. The van der Waals surface area contributed by atoms with Crippen LogP contribution in [0, 0.1) is 24.1 Å². The van der Waals surface area contributed by atoms with Crippen LogP contribution >= 0.6 is 11.3 Å². The molecule has 17 heteroatoms. The van der Waals surface area contributed by atoms with Crippen molar-refractivity contribution in [1.82, 2.24) is 19.6 Å². The molecule has 1 saturated heterocycles. The Kier molecular flexibility index (Phi) is 8.51. The van der Waals surface area contributed by atoms with E-state index in [1.54, 1.807) is 13.0 Å². The molecule has 0 spiro atoms. The van der Waals surface area contributed by atoms with Gasteiger partial charge in [-0.1, -0.05) is 11.3 Å². The molecule has 2 aromatic heterocycles. The highest BCUT2D eigenvalue weighted by molar-refractivity contribution is 7.89. The summed E-state index contributed by atoms with van der Waals surface area (Å²) in [6.45, 7) is 3.39. The minimum atomic E-state index is -4.54. The van der Waals surface area contributed by atoms with E-state index >= 15 is 0 Å². The number of hydrogen-bond acceptors (Lipinski definition) is 8. The lowest BCUT2D eigenvalue weighted by Gasteiger charge is -2.27. The Morgan fingerprint density at radius 2 is 1.91 bits per heavy atom. The number of nitriles is 1. The second-order valence-electron chi connectivity index (χ2n) is 10.3. The van der Waals surface area contributed by atoms with E-state index in [1.165, 1.54) is 18.3 Å². The Morgan fingerprint density at radius 1 is 1.21 bits per heavy atom. The number of carbonyl (C=O) groups is 2. The van der Waals surface area contributed by atoms with Gasteiger partial charge < -0.3 is 10.6 Å². The molecule has 0 saturated carbocycles. The highest BCUT2D eigenvalue weighted by Crippen LogP contribution is 2.41. The number of likely N-dealkylation sites (tertiary alicyclic amines) is 1. The average Bonchev–Trinajstić information content (AvgIpc) is 3.51. The van der Waals surface area contributed by atoms with Gasteiger partial charge in [-0.3, -0.25) is 15.1 Å². The number of carbonyl (C=O) groups excluding carboxylic acids is 2. The normalized spacial score (nSPS) is 17.5. The van der Waals surface area contributed by atoms with Gasteiger partial charge in [0.1, 0.15) is 23.3 Å². The third-order valence-electron chi connectivity index (χ3n) is 6.96. The summed E-state index contributed by atoms with van der Waals surface area (Å²) < 4.78 is 82.5. The first kappa shape index (κ1) is 31.8. The Balaban J connectivity index is 1.52. The quantitative estimate of drug-likeness (QED) is 0.330. The number of amides is 3. The van der Waals surface area contributed by atoms with E-state index in [1.807, 2.05) is 0 Å². The fourth-order valence-electron chi connectivity index (χ4n) is 4.40. The minimum Gasteiger partial charge on any atom is -0.368 e. The summed E-state index contributed by atoms with van der Waals surface area (Å²) in [5.41, 5.74) is 3.41. The van der Waals surface area contributed by atoms with Crippen molar-refractivity contribution in [2.45, 2.75) is 55.8 Å². The van der Waals surface area contributed by atoms with E-state index in [9.17, 15) is 35.6 Å². The SMILES string of the molecule is Cc1nc(NC(=O)N2C[C@H](NS(=O)(=O)c3ccc(F)c(C#N)c3)C[C@H]2C(N)=O)sc1-c1ccnc(C(C)(C)C(F)(F)F)c1. The average molecular weight is 640 g/mol. The number of anilines is 1. The standard InChI is InChI=1S/C26H25F4N7O4S2/c1-13-21(14-6-7-33-20(9-14)25(2,3)26(28,29)30)42-23(34-13)35-24(39)37-12-16(10-19(37)22(32)38)36-43(40,41)17-4-5-18(27)15(8-17)11-31/h4-9,16,19,36H,10,12H2,1-3H3,(H2,32,38)(H,34,35,39)/t16-,19+/m1/s1. The van der Waals surface area contributed by atoms with E-state index in [-0.39, 0.29) is 28.7 Å². The molecule has 1 fully saturated rings. The molecule has 0 radical (unpaired) electrons. The number of nitrogens with one attached hydrogen (secondary N) is 2. The number of pyridine rings is 1.